The lowest BCUT2D eigenvalue weighted by molar-refractivity contribution is -0.384. The summed E-state index contributed by atoms with van der Waals surface area (Å²) in [6.45, 7) is 0. The van der Waals surface area contributed by atoms with E-state index in [0.717, 1.165) is 11.3 Å². The Balaban J connectivity index is 1.71. The van der Waals surface area contributed by atoms with Crippen molar-refractivity contribution >= 4 is 23.5 Å². The third-order valence-corrected chi connectivity index (χ3v) is 4.75. The Bertz CT molecular complexity index is 1130. The minimum Gasteiger partial charge on any atom is -0.497 e. The van der Waals surface area contributed by atoms with Gasteiger partial charge in [-0.05, 0) is 42.0 Å². The van der Waals surface area contributed by atoms with Crippen molar-refractivity contribution in [3.63, 3.8) is 0 Å². The molecule has 0 aromatic heterocycles. The number of para-hydroxylation sites is 1. The van der Waals surface area contributed by atoms with Gasteiger partial charge >= 0.3 is 0 Å². The fraction of sp³-hybridized carbons (Fsp3) is 0.0909. The molecule has 3 aromatic carbocycles. The fourth-order valence-corrected chi connectivity index (χ4v) is 3.21. The first kappa shape index (κ1) is 19.1. The second-order valence-corrected chi connectivity index (χ2v) is 6.61. The van der Waals surface area contributed by atoms with Crippen LogP contribution in [-0.2, 0) is 0 Å². The number of carbonyl (C=O) groups is 1. The fourth-order valence-electron chi connectivity index (χ4n) is 3.21. The third kappa shape index (κ3) is 3.70. The van der Waals surface area contributed by atoms with Crippen molar-refractivity contribution < 1.29 is 14.5 Å². The SMILES string of the molecule is COc1cccc(C2Nc3ccccc3C(=O)N2/N=C/c2ccc([N+](=O)[O-])cc2)c1. The van der Waals surface area contributed by atoms with E-state index in [1.807, 2.05) is 36.4 Å². The molecule has 0 radical (unpaired) electrons. The average Bonchev–Trinajstić information content (AvgIpc) is 2.78. The van der Waals surface area contributed by atoms with Crippen molar-refractivity contribution in [2.24, 2.45) is 5.10 Å². The van der Waals surface area contributed by atoms with Crippen molar-refractivity contribution in [2.75, 3.05) is 12.4 Å². The van der Waals surface area contributed by atoms with Crippen molar-refractivity contribution in [2.45, 2.75) is 6.17 Å². The van der Waals surface area contributed by atoms with E-state index in [1.54, 1.807) is 31.4 Å². The molecule has 1 heterocycles. The molecule has 1 unspecified atom stereocenters. The van der Waals surface area contributed by atoms with Crippen LogP contribution in [0.4, 0.5) is 11.4 Å². The van der Waals surface area contributed by atoms with Gasteiger partial charge < -0.3 is 10.1 Å². The molecule has 0 saturated carbocycles. The van der Waals surface area contributed by atoms with Gasteiger partial charge in [-0.25, -0.2) is 5.01 Å². The van der Waals surface area contributed by atoms with Gasteiger partial charge in [-0.15, -0.1) is 0 Å². The molecule has 1 aliphatic heterocycles. The van der Waals surface area contributed by atoms with Crippen LogP contribution in [0, 0.1) is 10.1 Å². The van der Waals surface area contributed by atoms with E-state index in [4.69, 9.17) is 4.74 Å². The van der Waals surface area contributed by atoms with Crippen LogP contribution in [0.2, 0.25) is 0 Å². The maximum absolute atomic E-state index is 13.2. The van der Waals surface area contributed by atoms with Gasteiger partial charge in [-0.3, -0.25) is 14.9 Å². The predicted octanol–water partition coefficient (Wildman–Crippen LogP) is 4.20. The molecule has 0 bridgehead atoms. The summed E-state index contributed by atoms with van der Waals surface area (Å²) < 4.78 is 5.31. The minimum absolute atomic E-state index is 0.00829. The van der Waals surface area contributed by atoms with E-state index in [9.17, 15) is 14.9 Å². The number of nitro groups is 1. The maximum atomic E-state index is 13.2. The number of hydrogen-bond acceptors (Lipinski definition) is 6. The van der Waals surface area contributed by atoms with E-state index in [1.165, 1.54) is 23.4 Å². The molecule has 150 valence electrons. The molecule has 8 heteroatoms. The number of hydrogen-bond donors (Lipinski definition) is 1. The number of anilines is 1. The lowest BCUT2D eigenvalue weighted by atomic mass is 10.0. The smallest absolute Gasteiger partial charge is 0.278 e. The molecule has 0 fully saturated rings. The van der Waals surface area contributed by atoms with Crippen LogP contribution < -0.4 is 10.1 Å². The van der Waals surface area contributed by atoms with Crippen LogP contribution in [0.3, 0.4) is 0 Å². The molecule has 0 saturated heterocycles. The number of hydrazone groups is 1. The number of rotatable bonds is 5. The Hall–Kier alpha value is -4.20. The number of amides is 1. The quantitative estimate of drug-likeness (QED) is 0.392. The van der Waals surface area contributed by atoms with Gasteiger partial charge in [0, 0.05) is 23.4 Å². The lowest BCUT2D eigenvalue weighted by Gasteiger charge is -2.34. The highest BCUT2D eigenvalue weighted by molar-refractivity contribution is 6.02. The van der Waals surface area contributed by atoms with Crippen molar-refractivity contribution in [3.05, 3.63) is 99.6 Å². The summed E-state index contributed by atoms with van der Waals surface area (Å²) >= 11 is 0. The number of nitro benzene ring substituents is 1. The summed E-state index contributed by atoms with van der Waals surface area (Å²) in [7, 11) is 1.58. The molecule has 4 rings (SSSR count). The predicted molar refractivity (Wildman–Crippen MR) is 113 cm³/mol. The van der Waals surface area contributed by atoms with E-state index in [2.05, 4.69) is 10.4 Å². The van der Waals surface area contributed by atoms with Gasteiger partial charge in [0.1, 0.15) is 5.75 Å². The summed E-state index contributed by atoms with van der Waals surface area (Å²) in [5, 5.41) is 19.9. The molecular formula is C22H18N4O4. The Labute approximate surface area is 172 Å². The minimum atomic E-state index is -0.545. The van der Waals surface area contributed by atoms with E-state index >= 15 is 0 Å². The monoisotopic (exact) mass is 402 g/mol. The molecule has 8 nitrogen and oxygen atoms in total. The third-order valence-electron chi connectivity index (χ3n) is 4.75. The molecule has 3 aromatic rings. The molecule has 1 atom stereocenters. The van der Waals surface area contributed by atoms with Gasteiger partial charge in [0.25, 0.3) is 11.6 Å². The van der Waals surface area contributed by atoms with Gasteiger partial charge in [0.15, 0.2) is 6.17 Å². The van der Waals surface area contributed by atoms with Gasteiger partial charge in [0.2, 0.25) is 0 Å². The second-order valence-electron chi connectivity index (χ2n) is 6.61. The zero-order chi connectivity index (χ0) is 21.1. The summed E-state index contributed by atoms with van der Waals surface area (Å²) in [5.74, 6) is 0.412. The van der Waals surface area contributed by atoms with Crippen molar-refractivity contribution in [3.8, 4) is 5.75 Å². The first-order valence-corrected chi connectivity index (χ1v) is 9.18. The molecule has 1 amide bonds. The van der Waals surface area contributed by atoms with Gasteiger partial charge in [0.05, 0.1) is 23.8 Å². The zero-order valence-electron chi connectivity index (χ0n) is 16.1. The molecule has 1 N–H and O–H groups in total. The topological polar surface area (TPSA) is 97.1 Å². The van der Waals surface area contributed by atoms with Crippen LogP contribution in [-0.4, -0.2) is 29.2 Å². The maximum Gasteiger partial charge on any atom is 0.278 e. The van der Waals surface area contributed by atoms with Crippen molar-refractivity contribution in [1.29, 1.82) is 0 Å². The summed E-state index contributed by atoms with van der Waals surface area (Å²) in [4.78, 5) is 23.5. The molecule has 0 spiro atoms. The van der Waals surface area contributed by atoms with E-state index in [-0.39, 0.29) is 11.6 Å². The highest BCUT2D eigenvalue weighted by atomic mass is 16.6. The second kappa shape index (κ2) is 8.04. The molecule has 1 aliphatic rings. The number of non-ortho nitro benzene ring substituents is 1. The lowest BCUT2D eigenvalue weighted by Crippen LogP contribution is -2.39. The van der Waals surface area contributed by atoms with Gasteiger partial charge in [-0.1, -0.05) is 24.3 Å². The van der Waals surface area contributed by atoms with Gasteiger partial charge in [-0.2, -0.15) is 5.10 Å². The summed E-state index contributed by atoms with van der Waals surface area (Å²) in [6, 6.07) is 20.6. The molecular weight excluding hydrogens is 384 g/mol. The van der Waals surface area contributed by atoms with Crippen LogP contribution in [0.1, 0.15) is 27.7 Å². The van der Waals surface area contributed by atoms with E-state index < -0.39 is 11.1 Å². The zero-order valence-corrected chi connectivity index (χ0v) is 16.1. The number of carbonyl (C=O) groups excluding carboxylic acids is 1. The van der Waals surface area contributed by atoms with E-state index in [0.29, 0.717) is 16.9 Å². The van der Waals surface area contributed by atoms with Crippen LogP contribution in [0.15, 0.2) is 77.9 Å². The van der Waals surface area contributed by atoms with Crippen LogP contribution in [0.5, 0.6) is 5.75 Å². The largest absolute Gasteiger partial charge is 0.497 e. The van der Waals surface area contributed by atoms with Crippen molar-refractivity contribution in [1.82, 2.24) is 5.01 Å². The highest BCUT2D eigenvalue weighted by Gasteiger charge is 2.33. The first-order valence-electron chi connectivity index (χ1n) is 9.18. The Morgan fingerprint density at radius 3 is 2.60 bits per heavy atom. The molecule has 30 heavy (non-hydrogen) atoms. The number of methoxy groups -OCH3 is 1. The number of benzene rings is 3. The Morgan fingerprint density at radius 1 is 1.10 bits per heavy atom. The number of ether oxygens (including phenoxy) is 1. The van der Waals surface area contributed by atoms with Crippen LogP contribution >= 0.6 is 0 Å². The Morgan fingerprint density at radius 2 is 1.87 bits per heavy atom. The number of fused-ring (bicyclic) bond motifs is 1. The summed E-state index contributed by atoms with van der Waals surface area (Å²) in [5.41, 5.74) is 2.66. The number of nitrogens with one attached hydrogen (secondary N) is 1. The van der Waals surface area contributed by atoms with Crippen LogP contribution in [0.25, 0.3) is 0 Å². The molecule has 0 aliphatic carbocycles. The Kier molecular flexibility index (Phi) is 5.13. The summed E-state index contributed by atoms with van der Waals surface area (Å²) in [6.07, 6.45) is 0.960. The highest BCUT2D eigenvalue weighted by Crippen LogP contribution is 2.34. The first-order chi connectivity index (χ1) is 14.6. The normalized spacial score (nSPS) is 15.6. The average molecular weight is 402 g/mol. The number of nitrogens with zero attached hydrogens (tertiary/aromatic N) is 3. The standard InChI is InChI=1S/C22H18N4O4/c1-30-18-6-4-5-16(13-18)21-24-20-8-3-2-7-19(20)22(27)25(21)23-14-15-9-11-17(12-10-15)26(28)29/h2-14,21,24H,1H3/b23-14+.